The lowest BCUT2D eigenvalue weighted by Gasteiger charge is -2.21. The largest absolute Gasteiger partial charge is 0.616 e. The third-order valence-electron chi connectivity index (χ3n) is 0.733. The summed E-state index contributed by atoms with van der Waals surface area (Å²) in [6.07, 6.45) is -0.758. The Balaban J connectivity index is 2.11. The number of halogens is 1. The lowest BCUT2D eigenvalue weighted by atomic mass is 10.5. The van der Waals surface area contributed by atoms with Crippen LogP contribution >= 0.6 is 0 Å². The second-order valence-electron chi connectivity index (χ2n) is 1.37. The third-order valence-corrected chi connectivity index (χ3v) is 2.20. The summed E-state index contributed by atoms with van der Waals surface area (Å²) in [5.74, 6) is 0.556. The second-order valence-corrected chi connectivity index (χ2v) is 2.92. The molecule has 1 aliphatic rings. The Morgan fingerprint density at radius 2 is 2.17 bits per heavy atom. The molecule has 1 fully saturated rings. The van der Waals surface area contributed by atoms with Gasteiger partial charge >= 0.3 is 0 Å². The third kappa shape index (κ3) is 0.656. The van der Waals surface area contributed by atoms with Gasteiger partial charge in [0.25, 0.3) is 0 Å². The smallest absolute Gasteiger partial charge is 0.188 e. The fourth-order valence-corrected chi connectivity index (χ4v) is 1.06. The molecule has 1 aliphatic heterocycles. The first-order valence-corrected chi connectivity index (χ1v) is 3.27. The predicted molar refractivity (Wildman–Crippen MR) is 22.8 cm³/mol. The first-order chi connectivity index (χ1) is 2.79. The fourth-order valence-electron chi connectivity index (χ4n) is 0.355. The van der Waals surface area contributed by atoms with Gasteiger partial charge < -0.3 is 4.55 Å². The molecule has 0 aromatic heterocycles. The van der Waals surface area contributed by atoms with Crippen LogP contribution in [0.5, 0.6) is 0 Å². The van der Waals surface area contributed by atoms with Crippen LogP contribution in [0.15, 0.2) is 0 Å². The monoisotopic (exact) mass is 108 g/mol. The SMILES string of the molecule is [O-][S+]1CC(F)C1. The number of rotatable bonds is 0. The molecule has 36 valence electrons. The van der Waals surface area contributed by atoms with Crippen molar-refractivity contribution < 1.29 is 8.94 Å². The van der Waals surface area contributed by atoms with Crippen LogP contribution in [-0.2, 0) is 11.2 Å². The highest BCUT2D eigenvalue weighted by molar-refractivity contribution is 7.92. The molecule has 0 spiro atoms. The Morgan fingerprint density at radius 1 is 1.67 bits per heavy atom. The predicted octanol–water partition coefficient (Wildman–Crippen LogP) is 0.0868. The zero-order valence-corrected chi connectivity index (χ0v) is 4.00. The molecular formula is C3H5FOS. The van der Waals surface area contributed by atoms with E-state index in [9.17, 15) is 8.94 Å². The summed E-state index contributed by atoms with van der Waals surface area (Å²) in [6, 6.07) is 0. The molecule has 0 atom stereocenters. The van der Waals surface area contributed by atoms with Crippen molar-refractivity contribution in [2.24, 2.45) is 0 Å². The van der Waals surface area contributed by atoms with Gasteiger partial charge in [-0.25, -0.2) is 4.39 Å². The van der Waals surface area contributed by atoms with E-state index >= 15 is 0 Å². The van der Waals surface area contributed by atoms with E-state index in [4.69, 9.17) is 0 Å². The van der Waals surface area contributed by atoms with Gasteiger partial charge in [-0.15, -0.1) is 0 Å². The minimum absolute atomic E-state index is 0.278. The molecule has 0 N–H and O–H groups in total. The summed E-state index contributed by atoms with van der Waals surface area (Å²) in [4.78, 5) is 0. The minimum Gasteiger partial charge on any atom is -0.616 e. The highest BCUT2D eigenvalue weighted by Crippen LogP contribution is 2.12. The van der Waals surface area contributed by atoms with Crippen LogP contribution in [0.4, 0.5) is 4.39 Å². The van der Waals surface area contributed by atoms with E-state index < -0.39 is 17.3 Å². The Hall–Kier alpha value is 0.240. The molecule has 6 heavy (non-hydrogen) atoms. The van der Waals surface area contributed by atoms with Crippen LogP contribution < -0.4 is 0 Å². The van der Waals surface area contributed by atoms with Crippen LogP contribution in [0.1, 0.15) is 0 Å². The van der Waals surface area contributed by atoms with Crippen LogP contribution in [0, 0.1) is 0 Å². The quantitative estimate of drug-likeness (QED) is 0.403. The average molecular weight is 108 g/mol. The Labute approximate surface area is 38.7 Å². The summed E-state index contributed by atoms with van der Waals surface area (Å²) in [7, 11) is 0. The van der Waals surface area contributed by atoms with E-state index in [1.54, 1.807) is 0 Å². The molecule has 0 amide bonds. The molecule has 1 rings (SSSR count). The van der Waals surface area contributed by atoms with Gasteiger partial charge in [-0.1, -0.05) is 0 Å². The van der Waals surface area contributed by atoms with Gasteiger partial charge in [0, 0.05) is 0 Å². The maximum Gasteiger partial charge on any atom is 0.188 e. The van der Waals surface area contributed by atoms with Crippen molar-refractivity contribution in [1.29, 1.82) is 0 Å². The first-order valence-electron chi connectivity index (χ1n) is 1.78. The zero-order valence-electron chi connectivity index (χ0n) is 3.19. The lowest BCUT2D eigenvalue weighted by Crippen LogP contribution is -2.37. The number of hydrogen-bond donors (Lipinski definition) is 0. The Morgan fingerprint density at radius 3 is 2.17 bits per heavy atom. The van der Waals surface area contributed by atoms with E-state index in [1.165, 1.54) is 0 Å². The summed E-state index contributed by atoms with van der Waals surface area (Å²) in [5.41, 5.74) is 0. The minimum atomic E-state index is -0.797. The first kappa shape index (κ1) is 4.40. The molecule has 0 saturated carbocycles. The molecule has 0 aromatic rings. The van der Waals surface area contributed by atoms with Gasteiger partial charge in [0.15, 0.2) is 6.17 Å². The van der Waals surface area contributed by atoms with Crippen molar-refractivity contribution in [3.63, 3.8) is 0 Å². The lowest BCUT2D eigenvalue weighted by molar-refractivity contribution is 0.365. The topological polar surface area (TPSA) is 23.1 Å². The van der Waals surface area contributed by atoms with Crippen molar-refractivity contribution in [3.8, 4) is 0 Å². The summed E-state index contributed by atoms with van der Waals surface area (Å²) in [6.45, 7) is 0. The van der Waals surface area contributed by atoms with E-state index in [1.807, 2.05) is 0 Å². The molecule has 1 heterocycles. The van der Waals surface area contributed by atoms with Crippen molar-refractivity contribution in [2.45, 2.75) is 6.17 Å². The molecule has 0 bridgehead atoms. The normalized spacial score (nSPS) is 45.0. The molecule has 0 aromatic carbocycles. The number of alkyl halides is 1. The highest BCUT2D eigenvalue weighted by atomic mass is 32.2. The van der Waals surface area contributed by atoms with Crippen molar-refractivity contribution in [2.75, 3.05) is 11.5 Å². The van der Waals surface area contributed by atoms with Gasteiger partial charge in [-0.2, -0.15) is 0 Å². The van der Waals surface area contributed by atoms with Gasteiger partial charge in [0.2, 0.25) is 0 Å². The van der Waals surface area contributed by atoms with Crippen molar-refractivity contribution in [3.05, 3.63) is 0 Å². The number of hydrogen-bond acceptors (Lipinski definition) is 1. The standard InChI is InChI=1S/C3H5FOS/c4-3-1-6(5)2-3/h3H,1-2H2. The van der Waals surface area contributed by atoms with Crippen LogP contribution in [-0.4, -0.2) is 22.2 Å². The maximum absolute atomic E-state index is 11.6. The fraction of sp³-hybridized carbons (Fsp3) is 1.00. The van der Waals surface area contributed by atoms with Crippen LogP contribution in [0.25, 0.3) is 0 Å². The van der Waals surface area contributed by atoms with E-state index in [-0.39, 0.29) is 11.5 Å². The average Bonchev–Trinajstić information content (AvgIpc) is 1.33. The molecular weight excluding hydrogens is 103 g/mol. The van der Waals surface area contributed by atoms with Gasteiger partial charge in [-0.3, -0.25) is 0 Å². The van der Waals surface area contributed by atoms with Gasteiger partial charge in [0.05, 0.1) is 0 Å². The summed E-state index contributed by atoms with van der Waals surface area (Å²) in [5, 5.41) is 0. The highest BCUT2D eigenvalue weighted by Gasteiger charge is 2.30. The Bertz CT molecular complexity index is 46.8. The summed E-state index contributed by atoms with van der Waals surface area (Å²) < 4.78 is 21.6. The van der Waals surface area contributed by atoms with Crippen LogP contribution in [0.3, 0.4) is 0 Å². The molecule has 0 radical (unpaired) electrons. The molecule has 1 nitrogen and oxygen atoms in total. The van der Waals surface area contributed by atoms with Gasteiger partial charge in [0.1, 0.15) is 11.5 Å². The van der Waals surface area contributed by atoms with Gasteiger partial charge in [-0.05, 0) is 11.2 Å². The van der Waals surface area contributed by atoms with Crippen LogP contribution in [0.2, 0.25) is 0 Å². The molecule has 0 aliphatic carbocycles. The van der Waals surface area contributed by atoms with Crippen molar-refractivity contribution in [1.82, 2.24) is 0 Å². The second kappa shape index (κ2) is 1.39. The summed E-state index contributed by atoms with van der Waals surface area (Å²) >= 11 is -0.797. The molecule has 1 saturated heterocycles. The van der Waals surface area contributed by atoms with E-state index in [2.05, 4.69) is 0 Å². The molecule has 0 unspecified atom stereocenters. The molecule has 3 heteroatoms. The zero-order chi connectivity index (χ0) is 4.57. The maximum atomic E-state index is 11.6. The van der Waals surface area contributed by atoms with E-state index in [0.29, 0.717) is 0 Å². The van der Waals surface area contributed by atoms with Crippen molar-refractivity contribution >= 4 is 11.2 Å². The van der Waals surface area contributed by atoms with E-state index in [0.717, 1.165) is 0 Å². The Kier molecular flexibility index (Phi) is 1.02.